The van der Waals surface area contributed by atoms with Crippen LogP contribution in [-0.2, 0) is 16.4 Å². The number of aromatic amines is 2. The van der Waals surface area contributed by atoms with Crippen molar-refractivity contribution in [3.05, 3.63) is 58.5 Å². The van der Waals surface area contributed by atoms with Crippen molar-refractivity contribution in [1.29, 1.82) is 0 Å². The number of H-pyrrole nitrogens is 2. The summed E-state index contributed by atoms with van der Waals surface area (Å²) in [5.41, 5.74) is 2.50. The number of benzene rings is 2. The van der Waals surface area contributed by atoms with Crippen molar-refractivity contribution < 1.29 is 8.42 Å². The van der Waals surface area contributed by atoms with E-state index < -0.39 is 10.0 Å². The minimum atomic E-state index is -3.71. The Balaban J connectivity index is 1.88. The van der Waals surface area contributed by atoms with Crippen molar-refractivity contribution >= 4 is 26.7 Å². The summed E-state index contributed by atoms with van der Waals surface area (Å²) in [5, 5.41) is 0. The minimum absolute atomic E-state index is 0.120. The summed E-state index contributed by atoms with van der Waals surface area (Å²) >= 11 is 0. The summed E-state index contributed by atoms with van der Waals surface area (Å²) in [4.78, 5) is 16.8. The van der Waals surface area contributed by atoms with Crippen LogP contribution < -0.4 is 9.99 Å². The van der Waals surface area contributed by atoms with Gasteiger partial charge >= 0.3 is 5.69 Å². The number of sulfonamides is 1. The molecule has 6 nitrogen and oxygen atoms in total. The summed E-state index contributed by atoms with van der Waals surface area (Å²) in [6.07, 6.45) is 1.65. The molecule has 2 heterocycles. The van der Waals surface area contributed by atoms with Crippen molar-refractivity contribution in [3.63, 3.8) is 0 Å². The Labute approximate surface area is 139 Å². The van der Waals surface area contributed by atoms with Crippen molar-refractivity contribution in [1.82, 2.24) is 9.97 Å². The third-order valence-corrected chi connectivity index (χ3v) is 6.43. The number of nitrogens with one attached hydrogen (secondary N) is 2. The summed E-state index contributed by atoms with van der Waals surface area (Å²) in [7, 11) is -3.71. The smallest absolute Gasteiger partial charge is 0.306 e. The zero-order valence-electron chi connectivity index (χ0n) is 13.1. The molecule has 0 spiro atoms. The Morgan fingerprint density at radius 3 is 2.67 bits per heavy atom. The summed E-state index contributed by atoms with van der Waals surface area (Å²) in [5.74, 6) is 0. The molecule has 2 N–H and O–H groups in total. The monoisotopic (exact) mass is 343 g/mol. The second-order valence-electron chi connectivity index (χ2n) is 6.10. The van der Waals surface area contributed by atoms with Crippen molar-refractivity contribution in [3.8, 4) is 0 Å². The van der Waals surface area contributed by atoms with Crippen LogP contribution in [0.1, 0.15) is 18.9 Å². The first-order chi connectivity index (χ1) is 11.5. The number of rotatable bonds is 2. The lowest BCUT2D eigenvalue weighted by Gasteiger charge is -2.36. The standard InChI is InChI=1S/C17H17N3O3S/c1-11-6-7-12-4-2-3-5-16(12)20(11)24(22,23)13-8-9-14-15(10-13)19-17(21)18-14/h2-5,8-11H,6-7H2,1H3,(H2,18,19,21)/t11-/m0/s1. The Kier molecular flexibility index (Phi) is 3.28. The van der Waals surface area contributed by atoms with Crippen LogP contribution in [0.5, 0.6) is 0 Å². The summed E-state index contributed by atoms with van der Waals surface area (Å²) in [6.45, 7) is 1.92. The van der Waals surface area contributed by atoms with E-state index in [1.165, 1.54) is 16.4 Å². The SMILES string of the molecule is C[C@H]1CCc2ccccc2N1S(=O)(=O)c1ccc2[nH]c(=O)[nH]c2c1. The maximum absolute atomic E-state index is 13.2. The molecular formula is C17H17N3O3S. The number of imidazole rings is 1. The highest BCUT2D eigenvalue weighted by atomic mass is 32.2. The fourth-order valence-corrected chi connectivity index (χ4v) is 5.06. The number of fused-ring (bicyclic) bond motifs is 2. The van der Waals surface area contributed by atoms with Gasteiger partial charge in [-0.15, -0.1) is 0 Å². The van der Waals surface area contributed by atoms with Gasteiger partial charge in [0.15, 0.2) is 0 Å². The minimum Gasteiger partial charge on any atom is -0.306 e. The molecule has 0 saturated heterocycles. The van der Waals surface area contributed by atoms with E-state index in [-0.39, 0.29) is 16.6 Å². The average Bonchev–Trinajstić information content (AvgIpc) is 2.93. The predicted molar refractivity (Wildman–Crippen MR) is 92.8 cm³/mol. The van der Waals surface area contributed by atoms with E-state index in [0.29, 0.717) is 11.0 Å². The molecule has 0 unspecified atom stereocenters. The number of anilines is 1. The predicted octanol–water partition coefficient (Wildman–Crippen LogP) is 2.39. The first kappa shape index (κ1) is 15.0. The van der Waals surface area contributed by atoms with Crippen LogP contribution in [0.25, 0.3) is 11.0 Å². The van der Waals surface area contributed by atoms with Gasteiger partial charge in [-0.25, -0.2) is 13.2 Å². The van der Waals surface area contributed by atoms with Crippen molar-refractivity contribution in [2.75, 3.05) is 4.31 Å². The molecule has 4 rings (SSSR count). The van der Waals surface area contributed by atoms with Crippen LogP contribution in [0.4, 0.5) is 5.69 Å². The average molecular weight is 343 g/mol. The van der Waals surface area contributed by atoms with Crippen molar-refractivity contribution in [2.45, 2.75) is 30.7 Å². The van der Waals surface area contributed by atoms with Gasteiger partial charge in [0.05, 0.1) is 21.6 Å². The Morgan fingerprint density at radius 1 is 1.08 bits per heavy atom. The number of aryl methyl sites for hydroxylation is 1. The molecule has 24 heavy (non-hydrogen) atoms. The van der Waals surface area contributed by atoms with Gasteiger partial charge in [0.2, 0.25) is 0 Å². The van der Waals surface area contributed by atoms with E-state index in [1.54, 1.807) is 6.07 Å². The lowest BCUT2D eigenvalue weighted by molar-refractivity contribution is 0.563. The molecule has 0 saturated carbocycles. The molecular weight excluding hydrogens is 326 g/mol. The lowest BCUT2D eigenvalue weighted by Crippen LogP contribution is -2.42. The fraction of sp³-hybridized carbons (Fsp3) is 0.235. The highest BCUT2D eigenvalue weighted by molar-refractivity contribution is 7.92. The molecule has 0 amide bonds. The topological polar surface area (TPSA) is 86.0 Å². The van der Waals surface area contributed by atoms with E-state index in [9.17, 15) is 13.2 Å². The normalized spacial score (nSPS) is 17.9. The van der Waals surface area contributed by atoms with Crippen LogP contribution in [0, 0.1) is 0 Å². The fourth-order valence-electron chi connectivity index (χ4n) is 3.31. The van der Waals surface area contributed by atoms with Gasteiger partial charge in [0.1, 0.15) is 0 Å². The quantitative estimate of drug-likeness (QED) is 0.749. The number of para-hydroxylation sites is 1. The van der Waals surface area contributed by atoms with Gasteiger partial charge in [-0.1, -0.05) is 18.2 Å². The van der Waals surface area contributed by atoms with Crippen LogP contribution in [0.15, 0.2) is 52.2 Å². The maximum atomic E-state index is 13.2. The van der Waals surface area contributed by atoms with Gasteiger partial charge < -0.3 is 9.97 Å². The number of hydrogen-bond acceptors (Lipinski definition) is 3. The highest BCUT2D eigenvalue weighted by Gasteiger charge is 2.33. The Bertz CT molecular complexity index is 1080. The first-order valence-corrected chi connectivity index (χ1v) is 9.25. The molecule has 2 aromatic carbocycles. The number of hydrogen-bond donors (Lipinski definition) is 2. The molecule has 7 heteroatoms. The molecule has 1 atom stereocenters. The van der Waals surface area contributed by atoms with E-state index >= 15 is 0 Å². The van der Waals surface area contributed by atoms with Crippen LogP contribution >= 0.6 is 0 Å². The van der Waals surface area contributed by atoms with Crippen LogP contribution in [-0.4, -0.2) is 24.4 Å². The van der Waals surface area contributed by atoms with Gasteiger partial charge in [-0.2, -0.15) is 0 Å². The summed E-state index contributed by atoms with van der Waals surface area (Å²) in [6, 6.07) is 12.1. The molecule has 1 aliphatic rings. The molecule has 1 aliphatic heterocycles. The van der Waals surface area contributed by atoms with E-state index in [2.05, 4.69) is 9.97 Å². The molecule has 0 radical (unpaired) electrons. The van der Waals surface area contributed by atoms with Crippen molar-refractivity contribution in [2.24, 2.45) is 0 Å². The van der Waals surface area contributed by atoms with E-state index in [1.807, 2.05) is 31.2 Å². The second-order valence-corrected chi connectivity index (χ2v) is 7.92. The van der Waals surface area contributed by atoms with Crippen LogP contribution in [0.2, 0.25) is 0 Å². The van der Waals surface area contributed by atoms with Gasteiger partial charge in [-0.3, -0.25) is 4.31 Å². The van der Waals surface area contributed by atoms with Gasteiger partial charge in [0, 0.05) is 6.04 Å². The largest absolute Gasteiger partial charge is 0.323 e. The third-order valence-electron chi connectivity index (χ3n) is 4.51. The van der Waals surface area contributed by atoms with Gasteiger partial charge in [0.25, 0.3) is 10.0 Å². The third kappa shape index (κ3) is 2.24. The Hall–Kier alpha value is -2.54. The molecule has 3 aromatic rings. The van der Waals surface area contributed by atoms with Gasteiger partial charge in [-0.05, 0) is 49.6 Å². The summed E-state index contributed by atoms with van der Waals surface area (Å²) < 4.78 is 28.0. The first-order valence-electron chi connectivity index (χ1n) is 7.81. The van der Waals surface area contributed by atoms with E-state index in [0.717, 1.165) is 24.1 Å². The van der Waals surface area contributed by atoms with Crippen LogP contribution in [0.3, 0.4) is 0 Å². The number of nitrogens with zero attached hydrogens (tertiary/aromatic N) is 1. The highest BCUT2D eigenvalue weighted by Crippen LogP contribution is 2.35. The maximum Gasteiger partial charge on any atom is 0.323 e. The molecule has 124 valence electrons. The zero-order valence-corrected chi connectivity index (χ0v) is 13.9. The Morgan fingerprint density at radius 2 is 1.83 bits per heavy atom. The second kappa shape index (κ2) is 5.24. The van der Waals surface area contributed by atoms with E-state index in [4.69, 9.17) is 0 Å². The molecule has 0 fully saturated rings. The molecule has 0 bridgehead atoms. The number of aromatic nitrogens is 2. The zero-order chi connectivity index (χ0) is 16.9. The lowest BCUT2D eigenvalue weighted by atomic mass is 9.99. The molecule has 0 aliphatic carbocycles. The molecule has 1 aromatic heterocycles.